The molecule has 0 amide bonds. The Morgan fingerprint density at radius 2 is 1.16 bits per heavy atom. The van der Waals surface area contributed by atoms with E-state index in [-0.39, 0.29) is 5.75 Å². The Balaban J connectivity index is 1.34. The third-order valence-electron chi connectivity index (χ3n) is 5.41. The Morgan fingerprint density at radius 3 is 1.71 bits per heavy atom. The predicted octanol–water partition coefficient (Wildman–Crippen LogP) is 7.41. The zero-order valence-electron chi connectivity index (χ0n) is 18.6. The van der Waals surface area contributed by atoms with Gasteiger partial charge in [-0.2, -0.15) is 0 Å². The summed E-state index contributed by atoms with van der Waals surface area (Å²) in [5.74, 6) is 1.95. The van der Waals surface area contributed by atoms with Crippen molar-refractivity contribution in [3.8, 4) is 34.4 Å². The van der Waals surface area contributed by atoms with Gasteiger partial charge in [0.2, 0.25) is 11.8 Å². The van der Waals surface area contributed by atoms with Crippen LogP contribution in [0.5, 0.6) is 11.5 Å². The largest absolute Gasteiger partial charge is 0.508 e. The van der Waals surface area contributed by atoms with E-state index in [2.05, 4.69) is 17.1 Å². The van der Waals surface area contributed by atoms with Crippen LogP contribution in [0.1, 0.15) is 71.1 Å². The molecule has 0 aliphatic rings. The van der Waals surface area contributed by atoms with Crippen LogP contribution in [0.3, 0.4) is 0 Å². The maximum Gasteiger partial charge on any atom is 0.248 e. The summed E-state index contributed by atoms with van der Waals surface area (Å²) in [7, 11) is 0. The molecule has 3 aromatic rings. The second-order valence-corrected chi connectivity index (χ2v) is 8.01. The van der Waals surface area contributed by atoms with E-state index in [1.54, 1.807) is 24.3 Å². The molecule has 166 valence electrons. The van der Waals surface area contributed by atoms with Gasteiger partial charge in [-0.05, 0) is 55.0 Å². The lowest BCUT2D eigenvalue weighted by Crippen LogP contribution is -1.97. The van der Waals surface area contributed by atoms with Crippen molar-refractivity contribution in [1.29, 1.82) is 0 Å². The fraction of sp³-hybridized carbons (Fsp3) is 0.462. The summed E-state index contributed by atoms with van der Waals surface area (Å²) in [6, 6.07) is 14.4. The SMILES string of the molecule is CCCCCCCCCCCCOc1ccc(-c2nnc(-c3ccc(O)cc3)o2)cc1. The highest BCUT2D eigenvalue weighted by Gasteiger charge is 2.10. The molecule has 2 aromatic carbocycles. The van der Waals surface area contributed by atoms with E-state index < -0.39 is 0 Å². The standard InChI is InChI=1S/C26H34N2O3/c1-2-3-4-5-6-7-8-9-10-11-20-30-24-18-14-22(15-19-24)26-28-27-25(31-26)21-12-16-23(29)17-13-21/h12-19,29H,2-11,20H2,1H3. The minimum atomic E-state index is 0.205. The minimum Gasteiger partial charge on any atom is -0.508 e. The summed E-state index contributed by atoms with van der Waals surface area (Å²) in [5, 5.41) is 17.6. The molecule has 1 heterocycles. The third-order valence-corrected chi connectivity index (χ3v) is 5.41. The van der Waals surface area contributed by atoms with E-state index >= 15 is 0 Å². The van der Waals surface area contributed by atoms with Crippen molar-refractivity contribution >= 4 is 0 Å². The molecule has 0 aliphatic carbocycles. The first-order chi connectivity index (χ1) is 15.3. The number of unbranched alkanes of at least 4 members (excludes halogenated alkanes) is 9. The lowest BCUT2D eigenvalue weighted by atomic mass is 10.1. The van der Waals surface area contributed by atoms with Crippen molar-refractivity contribution in [2.45, 2.75) is 71.1 Å². The van der Waals surface area contributed by atoms with Crippen LogP contribution in [0.15, 0.2) is 52.9 Å². The molecule has 1 aromatic heterocycles. The summed E-state index contributed by atoms with van der Waals surface area (Å²) in [4.78, 5) is 0. The van der Waals surface area contributed by atoms with Gasteiger partial charge in [0.25, 0.3) is 0 Å². The molecule has 1 N–H and O–H groups in total. The van der Waals surface area contributed by atoms with Gasteiger partial charge in [-0.25, -0.2) is 0 Å². The lowest BCUT2D eigenvalue weighted by molar-refractivity contribution is 0.304. The Bertz CT molecular complexity index is 872. The number of hydrogen-bond donors (Lipinski definition) is 1. The van der Waals surface area contributed by atoms with Gasteiger partial charge in [-0.3, -0.25) is 0 Å². The molecule has 5 heteroatoms. The molecule has 0 saturated carbocycles. The number of rotatable bonds is 14. The van der Waals surface area contributed by atoms with Crippen molar-refractivity contribution in [2.75, 3.05) is 6.61 Å². The summed E-state index contributed by atoms with van der Waals surface area (Å²) in [5.41, 5.74) is 1.62. The number of nitrogens with zero attached hydrogens (tertiary/aromatic N) is 2. The maximum absolute atomic E-state index is 9.39. The monoisotopic (exact) mass is 422 g/mol. The van der Waals surface area contributed by atoms with Crippen LogP contribution in [-0.4, -0.2) is 21.9 Å². The smallest absolute Gasteiger partial charge is 0.248 e. The average molecular weight is 423 g/mol. The summed E-state index contributed by atoms with van der Waals surface area (Å²) in [6.07, 6.45) is 13.2. The van der Waals surface area contributed by atoms with Crippen LogP contribution < -0.4 is 4.74 Å². The predicted molar refractivity (Wildman–Crippen MR) is 124 cm³/mol. The molecule has 0 radical (unpaired) electrons. The quantitative estimate of drug-likeness (QED) is 0.274. The lowest BCUT2D eigenvalue weighted by Gasteiger charge is -2.06. The van der Waals surface area contributed by atoms with Crippen molar-refractivity contribution in [1.82, 2.24) is 10.2 Å². The van der Waals surface area contributed by atoms with Crippen LogP contribution in [0.4, 0.5) is 0 Å². The van der Waals surface area contributed by atoms with Crippen molar-refractivity contribution < 1.29 is 14.3 Å². The molecule has 3 rings (SSSR count). The highest BCUT2D eigenvalue weighted by Crippen LogP contribution is 2.26. The second kappa shape index (κ2) is 12.8. The van der Waals surface area contributed by atoms with Gasteiger partial charge in [-0.15, -0.1) is 10.2 Å². The van der Waals surface area contributed by atoms with Gasteiger partial charge in [0.1, 0.15) is 11.5 Å². The van der Waals surface area contributed by atoms with E-state index in [1.165, 1.54) is 57.8 Å². The topological polar surface area (TPSA) is 68.4 Å². The van der Waals surface area contributed by atoms with Gasteiger partial charge in [0, 0.05) is 11.1 Å². The molecule has 0 spiro atoms. The molecule has 0 saturated heterocycles. The molecule has 31 heavy (non-hydrogen) atoms. The number of phenols is 1. The Morgan fingerprint density at radius 1 is 0.677 bits per heavy atom. The Hall–Kier alpha value is -2.82. The molecule has 0 bridgehead atoms. The first kappa shape index (κ1) is 22.9. The fourth-order valence-corrected chi connectivity index (χ4v) is 3.53. The average Bonchev–Trinajstić information content (AvgIpc) is 3.29. The van der Waals surface area contributed by atoms with E-state index in [0.29, 0.717) is 11.8 Å². The summed E-state index contributed by atoms with van der Waals surface area (Å²) < 4.78 is 11.6. The maximum atomic E-state index is 9.39. The van der Waals surface area contributed by atoms with Gasteiger partial charge >= 0.3 is 0 Å². The van der Waals surface area contributed by atoms with Crippen LogP contribution in [-0.2, 0) is 0 Å². The van der Waals surface area contributed by atoms with Gasteiger partial charge in [-0.1, -0.05) is 64.7 Å². The highest BCUT2D eigenvalue weighted by molar-refractivity contribution is 5.59. The zero-order valence-corrected chi connectivity index (χ0v) is 18.6. The molecular weight excluding hydrogens is 388 g/mol. The number of aromatic hydroxyl groups is 1. The third kappa shape index (κ3) is 7.74. The molecule has 5 nitrogen and oxygen atoms in total. The van der Waals surface area contributed by atoms with Crippen LogP contribution in [0, 0.1) is 0 Å². The van der Waals surface area contributed by atoms with Crippen LogP contribution in [0.2, 0.25) is 0 Å². The van der Waals surface area contributed by atoms with E-state index in [1.807, 2.05) is 24.3 Å². The van der Waals surface area contributed by atoms with Crippen molar-refractivity contribution in [2.24, 2.45) is 0 Å². The summed E-state index contributed by atoms with van der Waals surface area (Å²) in [6.45, 7) is 3.02. The van der Waals surface area contributed by atoms with E-state index in [0.717, 1.165) is 29.9 Å². The van der Waals surface area contributed by atoms with Gasteiger partial charge < -0.3 is 14.3 Å². The first-order valence-electron chi connectivity index (χ1n) is 11.6. The molecule has 0 unspecified atom stereocenters. The van der Waals surface area contributed by atoms with Crippen LogP contribution >= 0.6 is 0 Å². The van der Waals surface area contributed by atoms with Gasteiger partial charge in [0.05, 0.1) is 6.61 Å². The van der Waals surface area contributed by atoms with Crippen molar-refractivity contribution in [3.05, 3.63) is 48.5 Å². The van der Waals surface area contributed by atoms with E-state index in [4.69, 9.17) is 9.15 Å². The molecular formula is C26H34N2O3. The van der Waals surface area contributed by atoms with Gasteiger partial charge in [0.15, 0.2) is 0 Å². The van der Waals surface area contributed by atoms with Crippen LogP contribution in [0.25, 0.3) is 22.9 Å². The highest BCUT2D eigenvalue weighted by atomic mass is 16.5. The Kier molecular flexibility index (Phi) is 9.42. The number of benzene rings is 2. The van der Waals surface area contributed by atoms with Crippen molar-refractivity contribution in [3.63, 3.8) is 0 Å². The number of ether oxygens (including phenoxy) is 1. The molecule has 0 fully saturated rings. The molecule has 0 aliphatic heterocycles. The normalized spacial score (nSPS) is 11.0. The summed E-state index contributed by atoms with van der Waals surface area (Å²) >= 11 is 0. The molecule has 0 atom stereocenters. The Labute approximate surface area is 185 Å². The second-order valence-electron chi connectivity index (χ2n) is 8.01. The van der Waals surface area contributed by atoms with E-state index in [9.17, 15) is 5.11 Å². The number of aromatic nitrogens is 2. The number of hydrogen-bond acceptors (Lipinski definition) is 5. The zero-order chi connectivity index (χ0) is 21.7. The minimum absolute atomic E-state index is 0.205. The fourth-order valence-electron chi connectivity index (χ4n) is 3.53. The number of phenolic OH excluding ortho intramolecular Hbond substituents is 1. The first-order valence-corrected chi connectivity index (χ1v) is 11.6.